The second kappa shape index (κ2) is 3.42. The van der Waals surface area contributed by atoms with Crippen LogP contribution in [0.5, 0.6) is 5.75 Å². The molecular weight excluding hydrogens is 208 g/mol. The second-order valence-electron chi connectivity index (χ2n) is 4.35. The molecule has 2 atom stereocenters. The van der Waals surface area contributed by atoms with E-state index in [0.29, 0.717) is 0 Å². The van der Waals surface area contributed by atoms with Gasteiger partial charge in [0, 0.05) is 17.7 Å². The largest absolute Gasteiger partial charge is 0.486 e. The first-order chi connectivity index (χ1) is 7.29. The normalized spacial score (nSPS) is 33.8. The zero-order valence-electron chi connectivity index (χ0n) is 8.48. The third-order valence-corrected chi connectivity index (χ3v) is 4.46. The molecule has 0 saturated carbocycles. The highest BCUT2D eigenvalue weighted by Gasteiger charge is 2.42. The van der Waals surface area contributed by atoms with Crippen molar-refractivity contribution in [2.75, 3.05) is 11.5 Å². The van der Waals surface area contributed by atoms with E-state index < -0.39 is 0 Å². The molecule has 80 valence electrons. The summed E-state index contributed by atoms with van der Waals surface area (Å²) in [6.07, 6.45) is 1.45. The topological polar surface area (TPSA) is 29.5 Å². The molecular formula is C12H14O2S. The summed E-state index contributed by atoms with van der Waals surface area (Å²) in [6.45, 7) is 0. The molecule has 0 bridgehead atoms. The van der Waals surface area contributed by atoms with Gasteiger partial charge in [-0.05, 0) is 18.2 Å². The number of aliphatic hydroxyl groups excluding tert-OH is 1. The highest BCUT2D eigenvalue weighted by atomic mass is 32.2. The SMILES string of the molecule is O[C@@H]1CC2(CCSC2)Oc2ccccc21. The smallest absolute Gasteiger partial charge is 0.125 e. The van der Waals surface area contributed by atoms with Crippen LogP contribution in [0, 0.1) is 0 Å². The van der Waals surface area contributed by atoms with Gasteiger partial charge in [-0.1, -0.05) is 18.2 Å². The fraction of sp³-hybridized carbons (Fsp3) is 0.500. The van der Waals surface area contributed by atoms with Gasteiger partial charge in [-0.3, -0.25) is 0 Å². The van der Waals surface area contributed by atoms with Gasteiger partial charge in [-0.25, -0.2) is 0 Å². The van der Waals surface area contributed by atoms with Crippen molar-refractivity contribution in [1.82, 2.24) is 0 Å². The maximum absolute atomic E-state index is 10.1. The first-order valence-electron chi connectivity index (χ1n) is 5.33. The molecule has 1 N–H and O–H groups in total. The van der Waals surface area contributed by atoms with E-state index in [4.69, 9.17) is 4.74 Å². The number of para-hydroxylation sites is 1. The Balaban J connectivity index is 1.98. The van der Waals surface area contributed by atoms with Crippen LogP contribution in [0.15, 0.2) is 24.3 Å². The fourth-order valence-corrected chi connectivity index (χ4v) is 3.77. The molecule has 2 nitrogen and oxygen atoms in total. The van der Waals surface area contributed by atoms with E-state index in [9.17, 15) is 5.11 Å². The van der Waals surface area contributed by atoms with Gasteiger partial charge in [0.25, 0.3) is 0 Å². The molecule has 1 spiro atoms. The van der Waals surface area contributed by atoms with Crippen molar-refractivity contribution < 1.29 is 9.84 Å². The predicted molar refractivity (Wildman–Crippen MR) is 61.3 cm³/mol. The lowest BCUT2D eigenvalue weighted by molar-refractivity contribution is 0.00409. The summed E-state index contributed by atoms with van der Waals surface area (Å²) in [5.74, 6) is 3.03. The van der Waals surface area contributed by atoms with Gasteiger partial charge < -0.3 is 9.84 Å². The number of benzene rings is 1. The third kappa shape index (κ3) is 1.54. The minimum atomic E-state index is -0.353. The molecule has 1 unspecified atom stereocenters. The van der Waals surface area contributed by atoms with Crippen LogP contribution in [-0.4, -0.2) is 22.2 Å². The van der Waals surface area contributed by atoms with Crippen molar-refractivity contribution in [2.45, 2.75) is 24.5 Å². The number of hydrogen-bond donors (Lipinski definition) is 1. The quantitative estimate of drug-likeness (QED) is 0.731. The van der Waals surface area contributed by atoms with Crippen molar-refractivity contribution in [3.05, 3.63) is 29.8 Å². The lowest BCUT2D eigenvalue weighted by Crippen LogP contribution is -2.41. The Morgan fingerprint density at radius 3 is 3.07 bits per heavy atom. The van der Waals surface area contributed by atoms with E-state index >= 15 is 0 Å². The summed E-state index contributed by atoms with van der Waals surface area (Å²) in [5.41, 5.74) is 0.846. The Morgan fingerprint density at radius 2 is 2.27 bits per heavy atom. The Kier molecular flexibility index (Phi) is 2.18. The van der Waals surface area contributed by atoms with Gasteiger partial charge in [-0.15, -0.1) is 0 Å². The molecule has 15 heavy (non-hydrogen) atoms. The predicted octanol–water partition coefficient (Wildman–Crippen LogP) is 2.38. The zero-order valence-corrected chi connectivity index (χ0v) is 9.30. The van der Waals surface area contributed by atoms with Crippen LogP contribution in [0.3, 0.4) is 0 Å². The van der Waals surface area contributed by atoms with Crippen LogP contribution in [0.1, 0.15) is 24.5 Å². The minimum absolute atomic E-state index is 0.0988. The average Bonchev–Trinajstić information content (AvgIpc) is 2.66. The first-order valence-corrected chi connectivity index (χ1v) is 6.48. The molecule has 2 aliphatic heterocycles. The molecule has 0 amide bonds. The van der Waals surface area contributed by atoms with Gasteiger partial charge in [0.15, 0.2) is 0 Å². The second-order valence-corrected chi connectivity index (χ2v) is 5.45. The Bertz CT molecular complexity index is 372. The standard InChI is InChI=1S/C12H14O2S/c13-10-7-12(5-6-15-8-12)14-11-4-2-1-3-9(10)11/h1-4,10,13H,5-8H2/t10-,12?/m1/s1. The minimum Gasteiger partial charge on any atom is -0.486 e. The average molecular weight is 222 g/mol. The number of ether oxygens (including phenoxy) is 1. The van der Waals surface area contributed by atoms with E-state index in [0.717, 1.165) is 35.7 Å². The van der Waals surface area contributed by atoms with E-state index in [1.807, 2.05) is 36.0 Å². The van der Waals surface area contributed by atoms with Crippen LogP contribution in [0.25, 0.3) is 0 Å². The number of fused-ring (bicyclic) bond motifs is 1. The summed E-state index contributed by atoms with van der Waals surface area (Å²) in [5, 5.41) is 10.1. The van der Waals surface area contributed by atoms with Gasteiger partial charge in [0.05, 0.1) is 6.10 Å². The molecule has 1 aromatic rings. The molecule has 1 aromatic carbocycles. The van der Waals surface area contributed by atoms with Crippen molar-refractivity contribution in [2.24, 2.45) is 0 Å². The molecule has 0 aliphatic carbocycles. The van der Waals surface area contributed by atoms with Crippen LogP contribution in [0.2, 0.25) is 0 Å². The van der Waals surface area contributed by atoms with E-state index in [1.165, 1.54) is 0 Å². The Labute approximate surface area is 93.6 Å². The molecule has 2 aliphatic rings. The van der Waals surface area contributed by atoms with Crippen molar-refractivity contribution in [1.29, 1.82) is 0 Å². The van der Waals surface area contributed by atoms with Crippen LogP contribution in [0.4, 0.5) is 0 Å². The Hall–Kier alpha value is -0.670. The summed E-state index contributed by atoms with van der Waals surface area (Å²) in [7, 11) is 0. The highest BCUT2D eigenvalue weighted by molar-refractivity contribution is 7.99. The van der Waals surface area contributed by atoms with Crippen LogP contribution in [-0.2, 0) is 0 Å². The van der Waals surface area contributed by atoms with Gasteiger partial charge >= 0.3 is 0 Å². The molecule has 0 radical (unpaired) electrons. The molecule has 0 aromatic heterocycles. The van der Waals surface area contributed by atoms with Crippen LogP contribution >= 0.6 is 11.8 Å². The number of thioether (sulfide) groups is 1. The van der Waals surface area contributed by atoms with Crippen molar-refractivity contribution in [3.8, 4) is 5.75 Å². The first kappa shape index (κ1) is 9.55. The lowest BCUT2D eigenvalue weighted by atomic mass is 9.88. The van der Waals surface area contributed by atoms with E-state index in [1.54, 1.807) is 0 Å². The molecule has 1 fully saturated rings. The zero-order chi connectivity index (χ0) is 10.3. The molecule has 2 heterocycles. The summed E-state index contributed by atoms with van der Waals surface area (Å²) in [4.78, 5) is 0. The summed E-state index contributed by atoms with van der Waals surface area (Å²) < 4.78 is 6.07. The van der Waals surface area contributed by atoms with Crippen molar-refractivity contribution in [3.63, 3.8) is 0 Å². The number of rotatable bonds is 0. The van der Waals surface area contributed by atoms with Crippen molar-refractivity contribution >= 4 is 11.8 Å². The molecule has 3 heteroatoms. The molecule has 1 saturated heterocycles. The van der Waals surface area contributed by atoms with Gasteiger partial charge in [0.1, 0.15) is 11.4 Å². The maximum atomic E-state index is 10.1. The van der Waals surface area contributed by atoms with E-state index in [-0.39, 0.29) is 11.7 Å². The van der Waals surface area contributed by atoms with Crippen LogP contribution < -0.4 is 4.74 Å². The number of aliphatic hydroxyl groups is 1. The lowest BCUT2D eigenvalue weighted by Gasteiger charge is -2.37. The fourth-order valence-electron chi connectivity index (χ4n) is 2.42. The highest BCUT2D eigenvalue weighted by Crippen LogP contribution is 2.45. The summed E-state index contributed by atoms with van der Waals surface area (Å²) >= 11 is 1.92. The van der Waals surface area contributed by atoms with E-state index in [2.05, 4.69) is 0 Å². The molecule has 3 rings (SSSR count). The third-order valence-electron chi connectivity index (χ3n) is 3.24. The Morgan fingerprint density at radius 1 is 1.40 bits per heavy atom. The number of hydrogen-bond acceptors (Lipinski definition) is 3. The maximum Gasteiger partial charge on any atom is 0.125 e. The summed E-state index contributed by atoms with van der Waals surface area (Å²) in [6, 6.07) is 7.83. The van der Waals surface area contributed by atoms with Gasteiger partial charge in [-0.2, -0.15) is 11.8 Å². The monoisotopic (exact) mass is 222 g/mol. The van der Waals surface area contributed by atoms with Gasteiger partial charge in [0.2, 0.25) is 0 Å².